The highest BCUT2D eigenvalue weighted by molar-refractivity contribution is 5.79. The van der Waals surface area contributed by atoms with E-state index in [9.17, 15) is 9.90 Å². The van der Waals surface area contributed by atoms with Crippen LogP contribution in [0.15, 0.2) is 18.3 Å². The third-order valence-corrected chi connectivity index (χ3v) is 4.88. The number of rotatable bonds is 3. The molecule has 2 aliphatic rings. The predicted octanol–water partition coefficient (Wildman–Crippen LogP) is 2.70. The lowest BCUT2D eigenvalue weighted by Crippen LogP contribution is -2.55. The molecular formula is C16H22N2O3. The lowest BCUT2D eigenvalue weighted by Gasteiger charge is -2.48. The number of carboxylic acids is 1. The third kappa shape index (κ3) is 2.69. The van der Waals surface area contributed by atoms with E-state index in [1.807, 2.05) is 12.1 Å². The number of fused-ring (bicyclic) bond motifs is 1. The van der Waals surface area contributed by atoms with Crippen LogP contribution in [0.3, 0.4) is 0 Å². The number of ether oxygens (including phenoxy) is 1. The summed E-state index contributed by atoms with van der Waals surface area (Å²) < 4.78 is 5.19. The SMILES string of the molecule is COc1cc(N2C(C(=O)O)CCC3CCCCC32)ccn1. The number of carbonyl (C=O) groups is 1. The molecule has 0 aromatic carbocycles. The van der Waals surface area contributed by atoms with Crippen LogP contribution in [0.2, 0.25) is 0 Å². The normalized spacial score (nSPS) is 28.8. The van der Waals surface area contributed by atoms with Crippen molar-refractivity contribution in [1.82, 2.24) is 4.98 Å². The molecule has 3 rings (SSSR count). The summed E-state index contributed by atoms with van der Waals surface area (Å²) in [4.78, 5) is 17.9. The van der Waals surface area contributed by atoms with Crippen LogP contribution in [0.1, 0.15) is 38.5 Å². The van der Waals surface area contributed by atoms with E-state index in [0.717, 1.165) is 24.9 Å². The van der Waals surface area contributed by atoms with Gasteiger partial charge in [0.1, 0.15) is 6.04 Å². The van der Waals surface area contributed by atoms with Crippen LogP contribution in [0, 0.1) is 5.92 Å². The number of anilines is 1. The highest BCUT2D eigenvalue weighted by Crippen LogP contribution is 2.40. The molecule has 21 heavy (non-hydrogen) atoms. The van der Waals surface area contributed by atoms with E-state index < -0.39 is 12.0 Å². The molecule has 1 saturated heterocycles. The Balaban J connectivity index is 1.96. The van der Waals surface area contributed by atoms with Crippen molar-refractivity contribution in [3.63, 3.8) is 0 Å². The van der Waals surface area contributed by atoms with Crippen molar-refractivity contribution in [3.8, 4) is 5.88 Å². The van der Waals surface area contributed by atoms with E-state index >= 15 is 0 Å². The maximum Gasteiger partial charge on any atom is 0.326 e. The van der Waals surface area contributed by atoms with E-state index in [-0.39, 0.29) is 0 Å². The molecule has 0 amide bonds. The van der Waals surface area contributed by atoms with Crippen LogP contribution in [0.25, 0.3) is 0 Å². The number of hydrogen-bond acceptors (Lipinski definition) is 4. The molecule has 2 heterocycles. The van der Waals surface area contributed by atoms with Crippen molar-refractivity contribution in [2.45, 2.75) is 50.6 Å². The fourth-order valence-electron chi connectivity index (χ4n) is 3.92. The number of methoxy groups -OCH3 is 1. The van der Waals surface area contributed by atoms with Gasteiger partial charge in [0.25, 0.3) is 0 Å². The van der Waals surface area contributed by atoms with Gasteiger partial charge in [0.2, 0.25) is 5.88 Å². The minimum absolute atomic E-state index is 0.334. The summed E-state index contributed by atoms with van der Waals surface area (Å²) in [5.74, 6) is 0.429. The minimum Gasteiger partial charge on any atom is -0.481 e. The standard InChI is InChI=1S/C16H22N2O3/c1-21-15-10-12(8-9-17-15)18-13-5-3-2-4-11(13)6-7-14(18)16(19)20/h8-11,13-14H,2-7H2,1H3,(H,19,20). The molecule has 1 aliphatic heterocycles. The Labute approximate surface area is 124 Å². The molecule has 1 saturated carbocycles. The number of hydrogen-bond donors (Lipinski definition) is 1. The highest BCUT2D eigenvalue weighted by Gasteiger charge is 2.41. The molecule has 2 fully saturated rings. The van der Waals surface area contributed by atoms with Gasteiger partial charge in [-0.05, 0) is 37.7 Å². The van der Waals surface area contributed by atoms with Crippen molar-refractivity contribution in [2.24, 2.45) is 5.92 Å². The summed E-state index contributed by atoms with van der Waals surface area (Å²) in [6, 6.07) is 3.65. The zero-order valence-corrected chi connectivity index (χ0v) is 12.4. The van der Waals surface area contributed by atoms with Crippen molar-refractivity contribution in [3.05, 3.63) is 18.3 Å². The number of piperidine rings is 1. The average molecular weight is 290 g/mol. The number of aromatic nitrogens is 1. The molecule has 0 radical (unpaired) electrons. The minimum atomic E-state index is -0.727. The van der Waals surface area contributed by atoms with Crippen LogP contribution in [0.4, 0.5) is 5.69 Å². The Morgan fingerprint density at radius 1 is 1.33 bits per heavy atom. The first-order valence-electron chi connectivity index (χ1n) is 7.72. The number of carboxylic acid groups (broad SMARTS) is 1. The topological polar surface area (TPSA) is 62.7 Å². The van der Waals surface area contributed by atoms with E-state index in [0.29, 0.717) is 17.8 Å². The highest BCUT2D eigenvalue weighted by atomic mass is 16.5. The Kier molecular flexibility index (Phi) is 3.99. The van der Waals surface area contributed by atoms with Crippen molar-refractivity contribution < 1.29 is 14.6 Å². The fourth-order valence-corrected chi connectivity index (χ4v) is 3.92. The summed E-state index contributed by atoms with van der Waals surface area (Å²) >= 11 is 0. The van der Waals surface area contributed by atoms with E-state index in [1.165, 1.54) is 19.3 Å². The lowest BCUT2D eigenvalue weighted by atomic mass is 9.76. The Bertz CT molecular complexity index is 520. The molecule has 5 nitrogen and oxygen atoms in total. The molecule has 3 atom stereocenters. The predicted molar refractivity (Wildman–Crippen MR) is 79.7 cm³/mol. The monoisotopic (exact) mass is 290 g/mol. The zero-order chi connectivity index (χ0) is 14.8. The largest absolute Gasteiger partial charge is 0.481 e. The molecule has 0 spiro atoms. The van der Waals surface area contributed by atoms with E-state index in [1.54, 1.807) is 13.3 Å². The van der Waals surface area contributed by atoms with E-state index in [4.69, 9.17) is 4.74 Å². The third-order valence-electron chi connectivity index (χ3n) is 4.88. The second-order valence-corrected chi connectivity index (χ2v) is 6.01. The zero-order valence-electron chi connectivity index (χ0n) is 12.4. The molecular weight excluding hydrogens is 268 g/mol. The second-order valence-electron chi connectivity index (χ2n) is 6.01. The summed E-state index contributed by atoms with van der Waals surface area (Å²) in [7, 11) is 1.58. The summed E-state index contributed by atoms with van der Waals surface area (Å²) in [6.45, 7) is 0. The molecule has 3 unspecified atom stereocenters. The van der Waals surface area contributed by atoms with Gasteiger partial charge in [-0.1, -0.05) is 12.8 Å². The smallest absolute Gasteiger partial charge is 0.326 e. The Morgan fingerprint density at radius 3 is 2.90 bits per heavy atom. The van der Waals surface area contributed by atoms with Gasteiger partial charge < -0.3 is 14.7 Å². The van der Waals surface area contributed by atoms with Gasteiger partial charge in [-0.15, -0.1) is 0 Å². The second kappa shape index (κ2) is 5.92. The molecule has 114 valence electrons. The van der Waals surface area contributed by atoms with Crippen LogP contribution in [-0.2, 0) is 4.79 Å². The van der Waals surface area contributed by atoms with Gasteiger partial charge in [0.15, 0.2) is 0 Å². The van der Waals surface area contributed by atoms with Crippen molar-refractivity contribution in [2.75, 3.05) is 12.0 Å². The van der Waals surface area contributed by atoms with Crippen molar-refractivity contribution in [1.29, 1.82) is 0 Å². The van der Waals surface area contributed by atoms with Gasteiger partial charge in [-0.25, -0.2) is 9.78 Å². The van der Waals surface area contributed by atoms with Gasteiger partial charge >= 0.3 is 5.97 Å². The first-order chi connectivity index (χ1) is 10.2. The van der Waals surface area contributed by atoms with Crippen LogP contribution < -0.4 is 9.64 Å². The van der Waals surface area contributed by atoms with E-state index in [2.05, 4.69) is 9.88 Å². The summed E-state index contributed by atoms with van der Waals surface area (Å²) in [5, 5.41) is 9.60. The van der Waals surface area contributed by atoms with Gasteiger partial charge in [-0.3, -0.25) is 0 Å². The van der Waals surface area contributed by atoms with Gasteiger partial charge in [0.05, 0.1) is 7.11 Å². The molecule has 1 aliphatic carbocycles. The van der Waals surface area contributed by atoms with Crippen LogP contribution in [-0.4, -0.2) is 35.3 Å². The first kappa shape index (κ1) is 14.2. The fraction of sp³-hybridized carbons (Fsp3) is 0.625. The molecule has 1 aromatic heterocycles. The molecule has 0 bridgehead atoms. The molecule has 1 N–H and O–H groups in total. The summed E-state index contributed by atoms with van der Waals surface area (Å²) in [5.41, 5.74) is 0.922. The molecule has 1 aromatic rings. The van der Waals surface area contributed by atoms with Gasteiger partial charge in [0, 0.05) is 24.0 Å². The maximum absolute atomic E-state index is 11.7. The maximum atomic E-state index is 11.7. The molecule has 5 heteroatoms. The first-order valence-corrected chi connectivity index (χ1v) is 7.72. The van der Waals surface area contributed by atoms with Crippen molar-refractivity contribution >= 4 is 11.7 Å². The van der Waals surface area contributed by atoms with Crippen LogP contribution in [0.5, 0.6) is 5.88 Å². The number of pyridine rings is 1. The average Bonchev–Trinajstić information content (AvgIpc) is 2.53. The van der Waals surface area contributed by atoms with Gasteiger partial charge in [-0.2, -0.15) is 0 Å². The Morgan fingerprint density at radius 2 is 2.14 bits per heavy atom. The number of aliphatic carboxylic acids is 1. The lowest BCUT2D eigenvalue weighted by molar-refractivity contribution is -0.139. The Hall–Kier alpha value is -1.78. The number of nitrogens with zero attached hydrogens (tertiary/aromatic N) is 2. The van der Waals surface area contributed by atoms with Crippen LogP contribution >= 0.6 is 0 Å². The summed E-state index contributed by atoms with van der Waals surface area (Å²) in [6.07, 6.45) is 8.20. The quantitative estimate of drug-likeness (QED) is 0.927.